The Hall–Kier alpha value is -2.93. The first-order valence-corrected chi connectivity index (χ1v) is 13.6. The Morgan fingerprint density at radius 3 is 2.44 bits per heavy atom. The lowest BCUT2D eigenvalue weighted by Crippen LogP contribution is -2.42. The molecule has 1 unspecified atom stereocenters. The zero-order valence-corrected chi connectivity index (χ0v) is 21.9. The van der Waals surface area contributed by atoms with E-state index in [1.165, 1.54) is 0 Å². The van der Waals surface area contributed by atoms with Crippen LogP contribution in [0, 0.1) is 22.5 Å². The van der Waals surface area contributed by atoms with E-state index < -0.39 is 58.3 Å². The van der Waals surface area contributed by atoms with Crippen molar-refractivity contribution in [2.75, 3.05) is 66.8 Å². The molecule has 15 nitrogen and oxygen atoms in total. The predicted molar refractivity (Wildman–Crippen MR) is 124 cm³/mol. The highest BCUT2D eigenvalue weighted by atomic mass is 32.2. The van der Waals surface area contributed by atoms with E-state index in [2.05, 4.69) is 20.7 Å². The Balaban J connectivity index is 2.75. The summed E-state index contributed by atoms with van der Waals surface area (Å²) in [5, 5.41) is 12.8. The van der Waals surface area contributed by atoms with Crippen molar-refractivity contribution in [3.8, 4) is 12.3 Å². The number of phosphoric acid groups is 1. The minimum atomic E-state index is -4.57. The molecule has 0 fully saturated rings. The van der Waals surface area contributed by atoms with Crippen LogP contribution in [0.5, 0.6) is 0 Å². The van der Waals surface area contributed by atoms with Gasteiger partial charge < -0.3 is 28.6 Å². The number of amides is 2. The highest BCUT2D eigenvalue weighted by Gasteiger charge is 2.28. The third-order valence-electron chi connectivity index (χ3n) is 4.22. The number of hydrogen-bond acceptors (Lipinski definition) is 11. The van der Waals surface area contributed by atoms with E-state index in [1.54, 1.807) is 0 Å². The molecule has 0 saturated heterocycles. The van der Waals surface area contributed by atoms with Gasteiger partial charge in [0.05, 0.1) is 44.8 Å². The molecule has 200 valence electrons. The number of nitro groups is 1. The van der Waals surface area contributed by atoms with E-state index in [-0.39, 0.29) is 25.3 Å². The number of aromatic nitrogens is 1. The normalized spacial score (nSPS) is 13.3. The topological polar surface area (TPSA) is 198 Å². The van der Waals surface area contributed by atoms with Crippen LogP contribution in [0.25, 0.3) is 0 Å². The van der Waals surface area contributed by atoms with Gasteiger partial charge in [-0.2, -0.15) is 0 Å². The van der Waals surface area contributed by atoms with Crippen LogP contribution in [0.15, 0.2) is 17.3 Å². The molecule has 17 heteroatoms. The van der Waals surface area contributed by atoms with Crippen molar-refractivity contribution in [3.05, 3.63) is 27.9 Å². The maximum absolute atomic E-state index is 12.8. The fraction of sp³-hybridized carbons (Fsp3) is 0.526. The quantitative estimate of drug-likeness (QED) is 0.0730. The molecule has 1 rings (SSSR count). The Morgan fingerprint density at radius 1 is 1.31 bits per heavy atom. The van der Waals surface area contributed by atoms with Crippen LogP contribution in [0.4, 0.5) is 5.69 Å². The number of sulfone groups is 1. The molecule has 1 aromatic rings. The first kappa shape index (κ1) is 31.1. The maximum Gasteiger partial charge on any atom is 0.307 e. The molecular weight excluding hydrogens is 521 g/mol. The third-order valence-corrected chi connectivity index (χ3v) is 6.23. The number of carbonyl (C=O) groups excluding carboxylic acids is 2. The van der Waals surface area contributed by atoms with Gasteiger partial charge in [-0.1, -0.05) is 5.92 Å². The summed E-state index contributed by atoms with van der Waals surface area (Å²) in [4.78, 5) is 51.3. The molecule has 0 saturated carbocycles. The Kier molecular flexibility index (Phi) is 11.1. The number of quaternary nitrogens is 1. The van der Waals surface area contributed by atoms with Gasteiger partial charge in [0.25, 0.3) is 13.7 Å². The highest BCUT2D eigenvalue weighted by molar-refractivity contribution is 7.90. The van der Waals surface area contributed by atoms with E-state index in [0.717, 1.165) is 23.4 Å². The molecule has 0 aliphatic rings. The number of rotatable bonds is 14. The summed E-state index contributed by atoms with van der Waals surface area (Å²) in [6.07, 6.45) is 6.79. The monoisotopic (exact) mass is 549 g/mol. The number of pyridine rings is 1. The molecule has 36 heavy (non-hydrogen) atoms. The number of hydrogen-bond donors (Lipinski definition) is 1. The lowest BCUT2D eigenvalue weighted by atomic mass is 10.2. The number of nitrogens with one attached hydrogen (secondary N) is 1. The van der Waals surface area contributed by atoms with E-state index in [4.69, 9.17) is 10.9 Å². The van der Waals surface area contributed by atoms with Gasteiger partial charge in [0.1, 0.15) is 19.7 Å². The fourth-order valence-corrected chi connectivity index (χ4v) is 3.96. The Morgan fingerprint density at radius 2 is 1.92 bits per heavy atom. The average molecular weight is 549 g/mol. The molecule has 0 aromatic carbocycles. The first-order valence-electron chi connectivity index (χ1n) is 10.2. The summed E-state index contributed by atoms with van der Waals surface area (Å²) in [6, 6.07) is 0.727. The molecular formula is C19H28N5O10PS. The summed E-state index contributed by atoms with van der Waals surface area (Å²) < 4.78 is 45.0. The molecule has 1 aromatic heterocycles. The second-order valence-electron chi connectivity index (χ2n) is 8.42. The van der Waals surface area contributed by atoms with Crippen LogP contribution < -0.4 is 10.2 Å². The van der Waals surface area contributed by atoms with Gasteiger partial charge in [-0.05, 0) is 0 Å². The van der Waals surface area contributed by atoms with Crippen LogP contribution in [0.3, 0.4) is 0 Å². The summed E-state index contributed by atoms with van der Waals surface area (Å²) in [5.41, 5.74) is -1.27. The van der Waals surface area contributed by atoms with Crippen LogP contribution >= 0.6 is 7.82 Å². The number of terminal acetylenes is 1. The molecule has 0 aliphatic carbocycles. The number of carbonyl (C=O) groups is 2. The largest absolute Gasteiger partial charge is 0.756 e. The average Bonchev–Trinajstić information content (AvgIpc) is 2.73. The minimum absolute atomic E-state index is 0.0853. The lowest BCUT2D eigenvalue weighted by molar-refractivity contribution is -0.870. The van der Waals surface area contributed by atoms with Crippen molar-refractivity contribution in [1.29, 1.82) is 0 Å². The minimum Gasteiger partial charge on any atom is -0.756 e. The smallest absolute Gasteiger partial charge is 0.307 e. The van der Waals surface area contributed by atoms with E-state index >= 15 is 0 Å². The molecule has 0 aliphatic heterocycles. The molecule has 1 atom stereocenters. The zero-order valence-electron chi connectivity index (χ0n) is 20.2. The molecule has 0 bridgehead atoms. The maximum atomic E-state index is 12.8. The number of nitrogens with zero attached hydrogens (tertiary/aromatic N) is 4. The summed E-state index contributed by atoms with van der Waals surface area (Å²) >= 11 is 0. The summed E-state index contributed by atoms with van der Waals surface area (Å²) in [5.74, 6) is 0.524. The molecule has 1 heterocycles. The number of likely N-dealkylation sites (N-methyl/N-ethyl adjacent to an activating group) is 1. The molecule has 0 spiro atoms. The van der Waals surface area contributed by atoms with Crippen LogP contribution in [-0.4, -0.2) is 106 Å². The Bertz CT molecular complexity index is 1180. The zero-order chi connectivity index (χ0) is 27.7. The van der Waals surface area contributed by atoms with Gasteiger partial charge in [-0.15, -0.1) is 6.42 Å². The predicted octanol–water partition coefficient (Wildman–Crippen LogP) is -1.21. The van der Waals surface area contributed by atoms with Crippen LogP contribution in [0.2, 0.25) is 0 Å². The number of phosphoric ester groups is 1. The third kappa shape index (κ3) is 10.8. The van der Waals surface area contributed by atoms with Crippen molar-refractivity contribution in [2.45, 2.75) is 5.03 Å². The highest BCUT2D eigenvalue weighted by Crippen LogP contribution is 2.37. The van der Waals surface area contributed by atoms with Crippen molar-refractivity contribution < 1.29 is 45.9 Å². The van der Waals surface area contributed by atoms with Gasteiger partial charge in [0.15, 0.2) is 9.84 Å². The van der Waals surface area contributed by atoms with E-state index in [1.807, 2.05) is 21.1 Å². The van der Waals surface area contributed by atoms with Crippen LogP contribution in [0.1, 0.15) is 10.4 Å². The van der Waals surface area contributed by atoms with Gasteiger partial charge in [0.2, 0.25) is 10.9 Å². The lowest BCUT2D eigenvalue weighted by Gasteiger charge is -2.27. The SMILES string of the molecule is C#CCN(CC(=O)NCCOP(=O)([O-])OCC[N+](C)(C)C)C(=O)c1cnc(S(C)(=O)=O)c([N+](=O)[O-])c1. The van der Waals surface area contributed by atoms with Crippen LogP contribution in [-0.2, 0) is 28.2 Å². The summed E-state index contributed by atoms with van der Waals surface area (Å²) in [7, 11) is -3.05. The summed E-state index contributed by atoms with van der Waals surface area (Å²) in [6.45, 7) is -1.28. The van der Waals surface area contributed by atoms with Gasteiger partial charge in [-0.25, -0.2) is 13.4 Å². The van der Waals surface area contributed by atoms with Crippen molar-refractivity contribution in [3.63, 3.8) is 0 Å². The second kappa shape index (κ2) is 12.9. The van der Waals surface area contributed by atoms with E-state index in [0.29, 0.717) is 11.0 Å². The molecule has 0 radical (unpaired) electrons. The van der Waals surface area contributed by atoms with Crippen molar-refractivity contribution in [2.24, 2.45) is 0 Å². The second-order valence-corrected chi connectivity index (χ2v) is 11.8. The van der Waals surface area contributed by atoms with Crippen molar-refractivity contribution in [1.82, 2.24) is 15.2 Å². The van der Waals surface area contributed by atoms with Gasteiger partial charge >= 0.3 is 5.69 Å². The first-order chi connectivity index (χ1) is 16.5. The van der Waals surface area contributed by atoms with Crippen molar-refractivity contribution >= 4 is 35.2 Å². The van der Waals surface area contributed by atoms with E-state index in [9.17, 15) is 37.6 Å². The standard InChI is InChI=1S/C19H28N5O10PS/c1-6-8-22(19(26)15-12-16(23(27)28)18(21-13-15)36(5,31)32)14-17(25)20-7-10-33-35(29,30)34-11-9-24(2,3)4/h1,12-13H,7-11,14H2,2-5H3,(H-,20,25,29,30). The van der Waals surface area contributed by atoms with Gasteiger partial charge in [-0.3, -0.25) is 24.3 Å². The Labute approximate surface area is 208 Å². The molecule has 1 N–H and O–H groups in total. The van der Waals surface area contributed by atoms with Gasteiger partial charge in [0, 0.05) is 25.1 Å². The fourth-order valence-electron chi connectivity index (χ4n) is 2.51. The molecule has 2 amide bonds.